The molecular weight excluding hydrogens is 308 g/mol. The van der Waals surface area contributed by atoms with Crippen LogP contribution >= 0.6 is 0 Å². The van der Waals surface area contributed by atoms with Crippen LogP contribution in [0, 0.1) is 0 Å². The summed E-state index contributed by atoms with van der Waals surface area (Å²) in [7, 11) is 1.84. The number of para-hydroxylation sites is 1. The lowest BCUT2D eigenvalue weighted by molar-refractivity contribution is -0.136. The second-order valence-corrected chi connectivity index (χ2v) is 6.27. The first kappa shape index (κ1) is 14.9. The first-order chi connectivity index (χ1) is 11.6. The molecule has 124 valence electrons. The van der Waals surface area contributed by atoms with Gasteiger partial charge >= 0.3 is 0 Å². The van der Waals surface area contributed by atoms with Crippen LogP contribution in [0.1, 0.15) is 23.9 Å². The molecule has 1 aromatic heterocycles. The van der Waals surface area contributed by atoms with Gasteiger partial charge in [-0.3, -0.25) is 9.59 Å². The number of aromatic nitrogens is 2. The van der Waals surface area contributed by atoms with Crippen molar-refractivity contribution in [3.05, 3.63) is 48.0 Å². The van der Waals surface area contributed by atoms with Crippen molar-refractivity contribution in [2.75, 3.05) is 18.5 Å². The van der Waals surface area contributed by atoms with Gasteiger partial charge in [0.2, 0.25) is 11.8 Å². The molecule has 1 spiro atoms. The normalized spacial score (nSPS) is 25.2. The second kappa shape index (κ2) is 5.17. The van der Waals surface area contributed by atoms with Crippen LogP contribution in [0.3, 0.4) is 0 Å². The third kappa shape index (κ3) is 1.78. The predicted molar refractivity (Wildman–Crippen MR) is 86.1 cm³/mol. The van der Waals surface area contributed by atoms with Gasteiger partial charge in [-0.2, -0.15) is 0 Å². The summed E-state index contributed by atoms with van der Waals surface area (Å²) in [5, 5.41) is 12.3. The fourth-order valence-electron chi connectivity index (χ4n) is 4.05. The fourth-order valence-corrected chi connectivity index (χ4v) is 4.05. The number of aryl methyl sites for hydroxylation is 1. The van der Waals surface area contributed by atoms with Crippen molar-refractivity contribution in [1.82, 2.24) is 14.5 Å². The standard InChI is InChI=1S/C17H18N4O3/c1-20-9-7-18-15(20)14-17(6-8-21(14)13(23)10-22)11-4-2-3-5-12(11)19-16(17)24/h2-5,7,9,14,22H,6,8,10H2,1H3,(H,19,24)/t14-,17+/m0/s1. The Morgan fingerprint density at radius 1 is 1.46 bits per heavy atom. The maximum atomic E-state index is 13.0. The van der Waals surface area contributed by atoms with E-state index in [4.69, 9.17) is 0 Å². The van der Waals surface area contributed by atoms with E-state index in [0.717, 1.165) is 11.3 Å². The maximum absolute atomic E-state index is 13.0. The van der Waals surface area contributed by atoms with Crippen molar-refractivity contribution in [1.29, 1.82) is 0 Å². The van der Waals surface area contributed by atoms with Crippen molar-refractivity contribution in [2.24, 2.45) is 7.05 Å². The van der Waals surface area contributed by atoms with E-state index < -0.39 is 24.0 Å². The van der Waals surface area contributed by atoms with Gasteiger partial charge in [-0.15, -0.1) is 0 Å². The largest absolute Gasteiger partial charge is 0.387 e. The minimum atomic E-state index is -0.874. The molecule has 2 aromatic rings. The highest BCUT2D eigenvalue weighted by Crippen LogP contribution is 2.54. The van der Waals surface area contributed by atoms with Gasteiger partial charge in [0.25, 0.3) is 0 Å². The van der Waals surface area contributed by atoms with E-state index in [1.807, 2.05) is 35.9 Å². The number of imidazole rings is 1. The summed E-state index contributed by atoms with van der Waals surface area (Å²) in [6.45, 7) is -0.182. The quantitative estimate of drug-likeness (QED) is 0.845. The molecule has 2 N–H and O–H groups in total. The lowest BCUT2D eigenvalue weighted by Gasteiger charge is -2.33. The Labute approximate surface area is 138 Å². The highest BCUT2D eigenvalue weighted by Gasteiger charge is 2.60. The number of fused-ring (bicyclic) bond motifs is 2. The Bertz CT molecular complexity index is 831. The molecule has 1 saturated heterocycles. The van der Waals surface area contributed by atoms with Crippen LogP contribution in [-0.2, 0) is 22.1 Å². The van der Waals surface area contributed by atoms with Crippen molar-refractivity contribution in [2.45, 2.75) is 17.9 Å². The van der Waals surface area contributed by atoms with E-state index >= 15 is 0 Å². The summed E-state index contributed by atoms with van der Waals surface area (Å²) in [6.07, 6.45) is 3.95. The number of benzene rings is 1. The summed E-state index contributed by atoms with van der Waals surface area (Å²) in [5.41, 5.74) is 0.789. The van der Waals surface area contributed by atoms with Gasteiger partial charge in [0.05, 0.1) is 0 Å². The SMILES string of the molecule is Cn1ccnc1[C@@H]1N(C(=O)CO)CC[C@]12C(=O)Nc1ccccc12. The third-order valence-corrected chi connectivity index (χ3v) is 5.15. The molecule has 0 saturated carbocycles. The molecule has 4 rings (SSSR count). The average Bonchev–Trinajstić information content (AvgIpc) is 3.25. The topological polar surface area (TPSA) is 87.5 Å². The van der Waals surface area contributed by atoms with E-state index in [0.29, 0.717) is 18.8 Å². The van der Waals surface area contributed by atoms with E-state index in [1.54, 1.807) is 17.3 Å². The summed E-state index contributed by atoms with van der Waals surface area (Å²) in [4.78, 5) is 31.2. The van der Waals surface area contributed by atoms with Crippen LogP contribution in [0.2, 0.25) is 0 Å². The third-order valence-electron chi connectivity index (χ3n) is 5.15. The number of nitrogens with one attached hydrogen (secondary N) is 1. The molecule has 0 bridgehead atoms. The van der Waals surface area contributed by atoms with Crippen molar-refractivity contribution < 1.29 is 14.7 Å². The fraction of sp³-hybridized carbons (Fsp3) is 0.353. The molecule has 7 nitrogen and oxygen atoms in total. The van der Waals surface area contributed by atoms with Crippen LogP contribution in [-0.4, -0.2) is 44.5 Å². The van der Waals surface area contributed by atoms with Crippen molar-refractivity contribution in [3.8, 4) is 0 Å². The smallest absolute Gasteiger partial charge is 0.248 e. The van der Waals surface area contributed by atoms with Crippen LogP contribution < -0.4 is 5.32 Å². The number of hydrogen-bond donors (Lipinski definition) is 2. The highest BCUT2D eigenvalue weighted by atomic mass is 16.3. The maximum Gasteiger partial charge on any atom is 0.248 e. The number of likely N-dealkylation sites (tertiary alicyclic amines) is 1. The Kier molecular flexibility index (Phi) is 3.21. The van der Waals surface area contributed by atoms with E-state index in [9.17, 15) is 14.7 Å². The van der Waals surface area contributed by atoms with Crippen LogP contribution in [0.15, 0.2) is 36.7 Å². The van der Waals surface area contributed by atoms with Gasteiger partial charge in [0.15, 0.2) is 0 Å². The number of amides is 2. The summed E-state index contributed by atoms with van der Waals surface area (Å²) >= 11 is 0. The molecule has 2 atom stereocenters. The Morgan fingerprint density at radius 2 is 2.25 bits per heavy atom. The molecule has 0 radical (unpaired) electrons. The summed E-state index contributed by atoms with van der Waals surface area (Å²) in [5.74, 6) is 0.128. The molecule has 2 amide bonds. The zero-order chi connectivity index (χ0) is 16.9. The zero-order valence-corrected chi connectivity index (χ0v) is 13.3. The van der Waals surface area contributed by atoms with Gasteiger partial charge < -0.3 is 19.9 Å². The summed E-state index contributed by atoms with van der Waals surface area (Å²) in [6, 6.07) is 7.03. The van der Waals surface area contributed by atoms with Crippen LogP contribution in [0.5, 0.6) is 0 Å². The van der Waals surface area contributed by atoms with E-state index in [-0.39, 0.29) is 5.91 Å². The first-order valence-corrected chi connectivity index (χ1v) is 7.88. The monoisotopic (exact) mass is 326 g/mol. The van der Waals surface area contributed by atoms with Crippen molar-refractivity contribution >= 4 is 17.5 Å². The molecule has 1 aromatic carbocycles. The Hall–Kier alpha value is -2.67. The summed E-state index contributed by atoms with van der Waals surface area (Å²) < 4.78 is 1.82. The molecule has 0 unspecified atom stereocenters. The Balaban J connectivity index is 1.93. The Morgan fingerprint density at radius 3 is 2.96 bits per heavy atom. The minimum Gasteiger partial charge on any atom is -0.387 e. The predicted octanol–water partition coefficient (Wildman–Crippen LogP) is 0.576. The van der Waals surface area contributed by atoms with Gasteiger partial charge in [0.1, 0.15) is 23.9 Å². The van der Waals surface area contributed by atoms with Gasteiger partial charge in [-0.25, -0.2) is 4.98 Å². The number of carbonyl (C=O) groups excluding carboxylic acids is 2. The van der Waals surface area contributed by atoms with Gasteiger partial charge in [-0.1, -0.05) is 18.2 Å². The second-order valence-electron chi connectivity index (χ2n) is 6.27. The van der Waals surface area contributed by atoms with Crippen LogP contribution in [0.25, 0.3) is 0 Å². The minimum absolute atomic E-state index is 0.120. The number of aliphatic hydroxyl groups is 1. The number of aliphatic hydroxyl groups excluding tert-OH is 1. The molecular formula is C17H18N4O3. The number of rotatable bonds is 2. The van der Waals surface area contributed by atoms with E-state index in [1.165, 1.54) is 0 Å². The number of anilines is 1. The first-order valence-electron chi connectivity index (χ1n) is 7.88. The molecule has 0 aliphatic carbocycles. The number of carbonyl (C=O) groups is 2. The highest BCUT2D eigenvalue weighted by molar-refractivity contribution is 6.07. The number of hydrogen-bond acceptors (Lipinski definition) is 4. The van der Waals surface area contributed by atoms with Crippen LogP contribution in [0.4, 0.5) is 5.69 Å². The lowest BCUT2D eigenvalue weighted by Crippen LogP contribution is -2.44. The van der Waals surface area contributed by atoms with Gasteiger partial charge in [0, 0.05) is 31.7 Å². The van der Waals surface area contributed by atoms with Crippen molar-refractivity contribution in [3.63, 3.8) is 0 Å². The molecule has 24 heavy (non-hydrogen) atoms. The zero-order valence-electron chi connectivity index (χ0n) is 13.3. The molecule has 2 aliphatic rings. The van der Waals surface area contributed by atoms with Gasteiger partial charge in [-0.05, 0) is 18.1 Å². The molecule has 7 heteroatoms. The molecule has 1 fully saturated rings. The average molecular weight is 326 g/mol. The lowest BCUT2D eigenvalue weighted by atomic mass is 9.74. The van der Waals surface area contributed by atoms with E-state index in [2.05, 4.69) is 10.3 Å². The number of nitrogens with zero attached hydrogens (tertiary/aromatic N) is 3. The molecule has 3 heterocycles. The molecule has 2 aliphatic heterocycles.